The van der Waals surface area contributed by atoms with Gasteiger partial charge in [0.05, 0.1) is 21.8 Å². The number of aryl methyl sites for hydroxylation is 4. The molecule has 0 atom stereocenters. The Morgan fingerprint density at radius 3 is 2.70 bits per heavy atom. The van der Waals surface area contributed by atoms with Crippen molar-refractivity contribution < 1.29 is 14.0 Å². The minimum atomic E-state index is -0.335. The summed E-state index contributed by atoms with van der Waals surface area (Å²) in [5, 5.41) is 10.7. The van der Waals surface area contributed by atoms with E-state index in [4.69, 9.17) is 4.42 Å². The zero-order valence-corrected chi connectivity index (χ0v) is 16.4. The van der Waals surface area contributed by atoms with E-state index >= 15 is 0 Å². The van der Waals surface area contributed by atoms with Gasteiger partial charge < -0.3 is 15.1 Å². The van der Waals surface area contributed by atoms with E-state index in [0.717, 1.165) is 29.9 Å². The van der Waals surface area contributed by atoms with Gasteiger partial charge in [0, 0.05) is 18.8 Å². The first-order chi connectivity index (χ1) is 12.9. The van der Waals surface area contributed by atoms with E-state index < -0.39 is 0 Å². The average molecular weight is 386 g/mol. The van der Waals surface area contributed by atoms with Gasteiger partial charge in [-0.1, -0.05) is 0 Å². The zero-order chi connectivity index (χ0) is 19.4. The summed E-state index contributed by atoms with van der Waals surface area (Å²) in [7, 11) is 0. The molecule has 3 heterocycles. The van der Waals surface area contributed by atoms with Gasteiger partial charge in [0.1, 0.15) is 0 Å². The van der Waals surface area contributed by atoms with Crippen LogP contribution in [-0.2, 0) is 6.54 Å². The second-order valence-corrected chi connectivity index (χ2v) is 7.37. The number of thiophene rings is 1. The Hall–Kier alpha value is -2.87. The molecule has 2 N–H and O–H groups in total. The van der Waals surface area contributed by atoms with Gasteiger partial charge >= 0.3 is 0 Å². The Kier molecular flexibility index (Phi) is 5.75. The molecule has 0 aliphatic rings. The predicted molar refractivity (Wildman–Crippen MR) is 104 cm³/mol. The topological polar surface area (TPSA) is 89.2 Å². The summed E-state index contributed by atoms with van der Waals surface area (Å²) in [5.74, 6) is -0.237. The third-order valence-corrected chi connectivity index (χ3v) is 5.19. The number of furan rings is 1. The number of amides is 2. The van der Waals surface area contributed by atoms with Crippen LogP contribution in [0.1, 0.15) is 43.6 Å². The molecule has 8 heteroatoms. The highest BCUT2D eigenvalue weighted by atomic mass is 32.1. The van der Waals surface area contributed by atoms with Gasteiger partial charge in [-0.25, -0.2) is 0 Å². The Bertz CT molecular complexity index is 940. The second-order valence-electron chi connectivity index (χ2n) is 6.31. The molecule has 0 fully saturated rings. The van der Waals surface area contributed by atoms with Crippen LogP contribution in [0.25, 0.3) is 0 Å². The van der Waals surface area contributed by atoms with E-state index in [-0.39, 0.29) is 17.6 Å². The minimum Gasteiger partial charge on any atom is -0.459 e. The molecule has 0 aliphatic heterocycles. The van der Waals surface area contributed by atoms with Gasteiger partial charge in [-0.05, 0) is 57.0 Å². The Labute approximate surface area is 161 Å². The van der Waals surface area contributed by atoms with Crippen molar-refractivity contribution in [2.45, 2.75) is 33.7 Å². The Morgan fingerprint density at radius 2 is 2.04 bits per heavy atom. The number of carbonyl (C=O) groups excluding carboxylic acids is 2. The first kappa shape index (κ1) is 18.9. The quantitative estimate of drug-likeness (QED) is 0.608. The van der Waals surface area contributed by atoms with Crippen LogP contribution in [0.3, 0.4) is 0 Å². The summed E-state index contributed by atoms with van der Waals surface area (Å²) >= 11 is 1.25. The summed E-state index contributed by atoms with van der Waals surface area (Å²) in [6.45, 7) is 7.15. The molecule has 3 rings (SSSR count). The van der Waals surface area contributed by atoms with Crippen molar-refractivity contribution in [2.24, 2.45) is 0 Å². The third-order valence-electron chi connectivity index (χ3n) is 4.04. The largest absolute Gasteiger partial charge is 0.459 e. The van der Waals surface area contributed by atoms with Crippen molar-refractivity contribution in [3.8, 4) is 0 Å². The van der Waals surface area contributed by atoms with Crippen molar-refractivity contribution in [2.75, 3.05) is 11.9 Å². The molecule has 0 saturated heterocycles. The summed E-state index contributed by atoms with van der Waals surface area (Å²) in [6.07, 6.45) is 2.24. The van der Waals surface area contributed by atoms with Crippen LogP contribution in [0, 0.1) is 20.8 Å². The molecule has 0 unspecified atom stereocenters. The second kappa shape index (κ2) is 8.22. The number of nitrogens with zero attached hydrogens (tertiary/aromatic N) is 2. The normalized spacial score (nSPS) is 10.8. The molecule has 0 aliphatic carbocycles. The first-order valence-electron chi connectivity index (χ1n) is 8.68. The number of hydrogen-bond acceptors (Lipinski definition) is 5. The first-order valence-corrected chi connectivity index (χ1v) is 9.50. The molecular weight excluding hydrogens is 364 g/mol. The standard InChI is InChI=1S/C19H22N4O3S/c1-12-10-16(21-18(24)15-6-4-9-26-15)27-17(12)19(25)20-7-5-8-23-14(3)11-13(2)22-23/h4,6,9-11H,5,7-8H2,1-3H3,(H,20,25)(H,21,24). The molecular formula is C19H22N4O3S. The van der Waals surface area contributed by atoms with Crippen molar-refractivity contribution in [1.82, 2.24) is 15.1 Å². The number of anilines is 1. The van der Waals surface area contributed by atoms with Crippen LogP contribution in [0.4, 0.5) is 5.00 Å². The van der Waals surface area contributed by atoms with E-state index in [1.54, 1.807) is 18.2 Å². The van der Waals surface area contributed by atoms with Crippen molar-refractivity contribution in [3.05, 3.63) is 58.1 Å². The van der Waals surface area contributed by atoms with E-state index in [2.05, 4.69) is 15.7 Å². The molecule has 3 aromatic heterocycles. The number of aromatic nitrogens is 2. The van der Waals surface area contributed by atoms with Crippen LogP contribution in [0.2, 0.25) is 0 Å². The molecule has 0 radical (unpaired) electrons. The molecule has 0 bridgehead atoms. The summed E-state index contributed by atoms with van der Waals surface area (Å²) < 4.78 is 7.01. The summed E-state index contributed by atoms with van der Waals surface area (Å²) in [6, 6.07) is 7.06. The molecule has 0 saturated carbocycles. The third kappa shape index (κ3) is 4.65. The molecule has 3 aromatic rings. The van der Waals surface area contributed by atoms with Gasteiger partial charge in [-0.15, -0.1) is 11.3 Å². The fraction of sp³-hybridized carbons (Fsp3) is 0.316. The Balaban J connectivity index is 1.51. The lowest BCUT2D eigenvalue weighted by molar-refractivity contribution is 0.0954. The molecule has 0 aromatic carbocycles. The maximum atomic E-state index is 12.4. The van der Waals surface area contributed by atoms with Crippen molar-refractivity contribution >= 4 is 28.2 Å². The smallest absolute Gasteiger partial charge is 0.291 e. The highest BCUT2D eigenvalue weighted by Crippen LogP contribution is 2.27. The minimum absolute atomic E-state index is 0.135. The highest BCUT2D eigenvalue weighted by Gasteiger charge is 2.16. The van der Waals surface area contributed by atoms with Gasteiger partial charge in [0.25, 0.3) is 11.8 Å². The van der Waals surface area contributed by atoms with Crippen LogP contribution >= 0.6 is 11.3 Å². The molecule has 2 amide bonds. The molecule has 7 nitrogen and oxygen atoms in total. The van der Waals surface area contributed by atoms with Crippen LogP contribution in [-0.4, -0.2) is 28.1 Å². The van der Waals surface area contributed by atoms with Crippen LogP contribution < -0.4 is 10.6 Å². The lowest BCUT2D eigenvalue weighted by Gasteiger charge is -2.06. The lowest BCUT2D eigenvalue weighted by atomic mass is 10.2. The van der Waals surface area contributed by atoms with E-state index in [0.29, 0.717) is 16.4 Å². The lowest BCUT2D eigenvalue weighted by Crippen LogP contribution is -2.25. The molecule has 27 heavy (non-hydrogen) atoms. The van der Waals surface area contributed by atoms with Gasteiger partial charge in [0.15, 0.2) is 5.76 Å². The summed E-state index contributed by atoms with van der Waals surface area (Å²) in [5.41, 5.74) is 2.94. The van der Waals surface area contributed by atoms with E-state index in [9.17, 15) is 9.59 Å². The fourth-order valence-corrected chi connectivity index (χ4v) is 3.75. The monoisotopic (exact) mass is 386 g/mol. The number of rotatable bonds is 7. The SMILES string of the molecule is Cc1cc(C)n(CCCNC(=O)c2sc(NC(=O)c3ccco3)cc2C)n1. The fourth-order valence-electron chi connectivity index (χ4n) is 2.76. The zero-order valence-electron chi connectivity index (χ0n) is 15.5. The van der Waals surface area contributed by atoms with Gasteiger partial charge in [-0.3, -0.25) is 14.3 Å². The maximum Gasteiger partial charge on any atom is 0.291 e. The van der Waals surface area contributed by atoms with Gasteiger partial charge in [-0.2, -0.15) is 5.10 Å². The number of hydrogen-bond donors (Lipinski definition) is 2. The van der Waals surface area contributed by atoms with Gasteiger partial charge in [0.2, 0.25) is 0 Å². The Morgan fingerprint density at radius 1 is 1.22 bits per heavy atom. The maximum absolute atomic E-state index is 12.4. The highest BCUT2D eigenvalue weighted by molar-refractivity contribution is 7.18. The molecule has 142 valence electrons. The van der Waals surface area contributed by atoms with Crippen LogP contribution in [0.5, 0.6) is 0 Å². The van der Waals surface area contributed by atoms with Crippen LogP contribution in [0.15, 0.2) is 34.9 Å². The van der Waals surface area contributed by atoms with Crippen molar-refractivity contribution in [3.63, 3.8) is 0 Å². The number of nitrogens with one attached hydrogen (secondary N) is 2. The van der Waals surface area contributed by atoms with Crippen molar-refractivity contribution in [1.29, 1.82) is 0 Å². The molecule has 0 spiro atoms. The van der Waals surface area contributed by atoms with E-state index in [1.807, 2.05) is 31.5 Å². The number of carbonyl (C=O) groups is 2. The average Bonchev–Trinajstić information content (AvgIpc) is 3.33. The predicted octanol–water partition coefficient (Wildman–Crippen LogP) is 3.54. The van der Waals surface area contributed by atoms with E-state index in [1.165, 1.54) is 17.6 Å². The summed E-state index contributed by atoms with van der Waals surface area (Å²) in [4.78, 5) is 25.0.